The number of benzene rings is 1. The molecule has 6 nitrogen and oxygen atoms in total. The second-order valence-electron chi connectivity index (χ2n) is 9.68. The first-order valence-electron chi connectivity index (χ1n) is 12.1. The van der Waals surface area contributed by atoms with Crippen LogP contribution in [-0.4, -0.2) is 30.6 Å². The summed E-state index contributed by atoms with van der Waals surface area (Å²) >= 11 is 0. The van der Waals surface area contributed by atoms with E-state index in [4.69, 9.17) is 9.97 Å². The van der Waals surface area contributed by atoms with E-state index in [2.05, 4.69) is 65.7 Å². The second kappa shape index (κ2) is 8.73. The molecule has 0 saturated carbocycles. The fourth-order valence-electron chi connectivity index (χ4n) is 5.08. The fourth-order valence-corrected chi connectivity index (χ4v) is 5.08. The standard InChI is InChI=1S/C28H27FN6/c1-17(2)25-16-31-35-27(25)33-26(22-12-23(29)15-30-14-22)34-28(35)32-24-9-8-19-10-20(11-21(19)13-24)18-6-4-3-5-7-18/h3-7,11-12,14-17,24H,8-10,13H2,1-2H3,(H,32,33,34)/t24-/m1/s1. The van der Waals surface area contributed by atoms with E-state index in [0.717, 1.165) is 36.9 Å². The molecule has 0 aliphatic heterocycles. The van der Waals surface area contributed by atoms with Gasteiger partial charge in [0.2, 0.25) is 5.95 Å². The van der Waals surface area contributed by atoms with Gasteiger partial charge in [0.25, 0.3) is 0 Å². The second-order valence-corrected chi connectivity index (χ2v) is 9.68. The Kier molecular flexibility index (Phi) is 5.40. The molecule has 7 heteroatoms. The van der Waals surface area contributed by atoms with Gasteiger partial charge in [-0.1, -0.05) is 55.8 Å². The average molecular weight is 467 g/mol. The fraction of sp³-hybridized carbons (Fsp3) is 0.286. The first-order chi connectivity index (χ1) is 17.0. The number of anilines is 1. The summed E-state index contributed by atoms with van der Waals surface area (Å²) in [6.45, 7) is 4.23. The summed E-state index contributed by atoms with van der Waals surface area (Å²) in [5, 5.41) is 8.23. The summed E-state index contributed by atoms with van der Waals surface area (Å²) in [6.07, 6.45) is 11.1. The molecular formula is C28H27FN6. The summed E-state index contributed by atoms with van der Waals surface area (Å²) in [5.41, 5.74) is 7.98. The van der Waals surface area contributed by atoms with Crippen molar-refractivity contribution in [2.24, 2.45) is 0 Å². The van der Waals surface area contributed by atoms with Crippen molar-refractivity contribution in [3.05, 3.63) is 89.2 Å². The number of nitrogens with zero attached hydrogens (tertiary/aromatic N) is 5. The zero-order chi connectivity index (χ0) is 23.9. The molecule has 0 unspecified atom stereocenters. The van der Waals surface area contributed by atoms with E-state index in [1.165, 1.54) is 29.0 Å². The lowest BCUT2D eigenvalue weighted by Crippen LogP contribution is -2.25. The smallest absolute Gasteiger partial charge is 0.228 e. The highest BCUT2D eigenvalue weighted by molar-refractivity contribution is 5.74. The number of fused-ring (bicyclic) bond motifs is 1. The number of nitrogens with one attached hydrogen (secondary N) is 1. The van der Waals surface area contributed by atoms with Crippen molar-refractivity contribution >= 4 is 17.2 Å². The Morgan fingerprint density at radius 1 is 1.06 bits per heavy atom. The zero-order valence-corrected chi connectivity index (χ0v) is 19.9. The van der Waals surface area contributed by atoms with E-state index in [1.54, 1.807) is 16.3 Å². The first kappa shape index (κ1) is 21.6. The van der Waals surface area contributed by atoms with Gasteiger partial charge >= 0.3 is 0 Å². The largest absolute Gasteiger partial charge is 0.351 e. The van der Waals surface area contributed by atoms with Gasteiger partial charge in [-0.3, -0.25) is 4.98 Å². The van der Waals surface area contributed by atoms with Crippen LogP contribution >= 0.6 is 0 Å². The van der Waals surface area contributed by atoms with Crippen LogP contribution in [0.1, 0.15) is 56.6 Å². The van der Waals surface area contributed by atoms with Crippen molar-refractivity contribution in [3.8, 4) is 11.4 Å². The van der Waals surface area contributed by atoms with Crippen molar-refractivity contribution in [3.63, 3.8) is 0 Å². The summed E-state index contributed by atoms with van der Waals surface area (Å²) in [5.74, 6) is 0.904. The van der Waals surface area contributed by atoms with Crippen LogP contribution in [0.5, 0.6) is 0 Å². The monoisotopic (exact) mass is 466 g/mol. The number of pyridine rings is 1. The van der Waals surface area contributed by atoms with Gasteiger partial charge in [0.05, 0.1) is 12.4 Å². The Morgan fingerprint density at radius 2 is 1.91 bits per heavy atom. The third-order valence-electron chi connectivity index (χ3n) is 6.93. The first-order valence-corrected chi connectivity index (χ1v) is 12.1. The van der Waals surface area contributed by atoms with Crippen molar-refractivity contribution in [1.82, 2.24) is 24.6 Å². The van der Waals surface area contributed by atoms with Gasteiger partial charge in [0, 0.05) is 23.4 Å². The van der Waals surface area contributed by atoms with Gasteiger partial charge in [-0.05, 0) is 54.4 Å². The zero-order valence-electron chi connectivity index (χ0n) is 19.9. The molecule has 3 heterocycles. The van der Waals surface area contributed by atoms with Crippen molar-refractivity contribution in [2.45, 2.75) is 51.5 Å². The number of halogens is 1. The van der Waals surface area contributed by atoms with Crippen LogP contribution in [0.15, 0.2) is 72.2 Å². The number of hydrogen-bond acceptors (Lipinski definition) is 5. The van der Waals surface area contributed by atoms with E-state index in [0.29, 0.717) is 17.3 Å². The van der Waals surface area contributed by atoms with Gasteiger partial charge in [0.1, 0.15) is 5.82 Å². The molecule has 1 aromatic carbocycles. The molecular weight excluding hydrogens is 439 g/mol. The molecule has 35 heavy (non-hydrogen) atoms. The van der Waals surface area contributed by atoms with E-state index in [-0.39, 0.29) is 12.0 Å². The molecule has 176 valence electrons. The Labute approximate surface area is 203 Å². The molecule has 1 N–H and O–H groups in total. The van der Waals surface area contributed by atoms with Gasteiger partial charge in [-0.25, -0.2) is 9.37 Å². The highest BCUT2D eigenvalue weighted by atomic mass is 19.1. The van der Waals surface area contributed by atoms with Crippen molar-refractivity contribution < 1.29 is 4.39 Å². The molecule has 0 amide bonds. The Bertz CT molecular complexity index is 1470. The number of allylic oxidation sites excluding steroid dienone is 3. The lowest BCUT2D eigenvalue weighted by molar-refractivity contribution is 0.601. The van der Waals surface area contributed by atoms with Gasteiger partial charge in [0.15, 0.2) is 11.5 Å². The van der Waals surface area contributed by atoms with Crippen LogP contribution in [-0.2, 0) is 0 Å². The van der Waals surface area contributed by atoms with Crippen molar-refractivity contribution in [2.75, 3.05) is 5.32 Å². The molecule has 0 fully saturated rings. The van der Waals surface area contributed by atoms with E-state index >= 15 is 0 Å². The Balaban J connectivity index is 1.32. The van der Waals surface area contributed by atoms with Crippen LogP contribution in [0.3, 0.4) is 0 Å². The van der Waals surface area contributed by atoms with E-state index in [1.807, 2.05) is 6.20 Å². The van der Waals surface area contributed by atoms with Crippen LogP contribution in [0.4, 0.5) is 10.3 Å². The summed E-state index contributed by atoms with van der Waals surface area (Å²) in [4.78, 5) is 13.5. The number of aromatic nitrogens is 5. The Morgan fingerprint density at radius 3 is 2.71 bits per heavy atom. The molecule has 2 aliphatic carbocycles. The lowest BCUT2D eigenvalue weighted by Gasteiger charge is -2.25. The van der Waals surface area contributed by atoms with Gasteiger partial charge in [-0.2, -0.15) is 14.6 Å². The maximum atomic E-state index is 13.9. The SMILES string of the molecule is CC(C)c1cnn2c(N[C@@H]3CCC4=C(C=C(c5ccccc5)C4)C3)nc(-c3cncc(F)c3)nc12. The maximum Gasteiger partial charge on any atom is 0.228 e. The third-order valence-corrected chi connectivity index (χ3v) is 6.93. The van der Waals surface area contributed by atoms with Gasteiger partial charge < -0.3 is 5.32 Å². The molecule has 0 saturated heterocycles. The number of hydrogen-bond donors (Lipinski definition) is 1. The minimum absolute atomic E-state index is 0.225. The third kappa shape index (κ3) is 4.11. The highest BCUT2D eigenvalue weighted by Crippen LogP contribution is 2.40. The summed E-state index contributed by atoms with van der Waals surface area (Å²) < 4.78 is 15.7. The quantitative estimate of drug-likeness (QED) is 0.379. The molecule has 1 atom stereocenters. The van der Waals surface area contributed by atoms with Crippen LogP contribution < -0.4 is 5.32 Å². The topological polar surface area (TPSA) is 68.0 Å². The number of rotatable bonds is 5. The molecule has 4 aromatic rings. The molecule has 2 aliphatic rings. The predicted molar refractivity (Wildman–Crippen MR) is 135 cm³/mol. The van der Waals surface area contributed by atoms with E-state index < -0.39 is 5.82 Å². The predicted octanol–water partition coefficient (Wildman–Crippen LogP) is 6.20. The van der Waals surface area contributed by atoms with Crippen LogP contribution in [0, 0.1) is 5.82 Å². The van der Waals surface area contributed by atoms with E-state index in [9.17, 15) is 4.39 Å². The average Bonchev–Trinajstić information content (AvgIpc) is 3.49. The molecule has 6 rings (SSSR count). The van der Waals surface area contributed by atoms with Crippen LogP contribution in [0.2, 0.25) is 0 Å². The summed E-state index contributed by atoms with van der Waals surface area (Å²) in [7, 11) is 0. The molecule has 0 bridgehead atoms. The normalized spacial score (nSPS) is 17.7. The molecule has 0 spiro atoms. The summed E-state index contributed by atoms with van der Waals surface area (Å²) in [6, 6.07) is 12.3. The Hall–Kier alpha value is -3.87. The van der Waals surface area contributed by atoms with Crippen LogP contribution in [0.25, 0.3) is 22.6 Å². The molecule has 3 aromatic heterocycles. The maximum absolute atomic E-state index is 13.9. The molecule has 0 radical (unpaired) electrons. The highest BCUT2D eigenvalue weighted by Gasteiger charge is 2.26. The van der Waals surface area contributed by atoms with Gasteiger partial charge in [-0.15, -0.1) is 0 Å². The lowest BCUT2D eigenvalue weighted by atomic mass is 9.89. The minimum atomic E-state index is -0.410. The van der Waals surface area contributed by atoms with Crippen molar-refractivity contribution in [1.29, 1.82) is 0 Å². The minimum Gasteiger partial charge on any atom is -0.351 e.